The van der Waals surface area contributed by atoms with Crippen molar-refractivity contribution >= 4 is 11.6 Å². The molecule has 0 aliphatic heterocycles. The average Bonchev–Trinajstić information content (AvgIpc) is 3.28. The van der Waals surface area contributed by atoms with E-state index < -0.39 is 0 Å². The van der Waals surface area contributed by atoms with Gasteiger partial charge in [0, 0.05) is 38.9 Å². The molecule has 176 valence electrons. The fourth-order valence-electron chi connectivity index (χ4n) is 4.25. The van der Waals surface area contributed by atoms with Crippen LogP contribution in [0.25, 0.3) is 22.6 Å². The van der Waals surface area contributed by atoms with Crippen LogP contribution < -0.4 is 10.2 Å². The number of aromatic nitrogens is 2. The van der Waals surface area contributed by atoms with Crippen molar-refractivity contribution in [2.24, 2.45) is 0 Å². The van der Waals surface area contributed by atoms with Crippen molar-refractivity contribution in [2.75, 3.05) is 19.0 Å². The number of hydrogen-bond donors (Lipinski definition) is 1. The van der Waals surface area contributed by atoms with Gasteiger partial charge in [0.05, 0.1) is 6.04 Å². The fourth-order valence-corrected chi connectivity index (χ4v) is 4.25. The first kappa shape index (κ1) is 23.3. The number of rotatable bonds is 8. The van der Waals surface area contributed by atoms with E-state index in [2.05, 4.69) is 48.3 Å². The van der Waals surface area contributed by atoms with Gasteiger partial charge in [0.2, 0.25) is 0 Å². The molecular weight excluding hydrogens is 420 g/mol. The molecular formula is C29H34N4O. The largest absolute Gasteiger partial charge is 0.378 e. The van der Waals surface area contributed by atoms with E-state index in [1.807, 2.05) is 79.3 Å². The minimum absolute atomic E-state index is 0. The Morgan fingerprint density at radius 1 is 0.912 bits per heavy atom. The van der Waals surface area contributed by atoms with E-state index in [1.165, 1.54) is 0 Å². The Bertz CT molecular complexity index is 1240. The highest BCUT2D eigenvalue weighted by molar-refractivity contribution is 6.00. The summed E-state index contributed by atoms with van der Waals surface area (Å²) in [4.78, 5) is 20.9. The standard InChI is InChI=1S/C29H32N4O.H2/c1-5-25(21-13-9-7-10-14-21)30-29(34)27-26(22-17-19-24(20-18-22)32(3)4)31-28(33(27)6-2)23-15-11-8-12-16-23;/h7-20,25H,5-6H2,1-4H3,(H,30,34);1H/t25-;/m0./s1. The molecule has 0 saturated heterocycles. The third-order valence-electron chi connectivity index (χ3n) is 6.10. The highest BCUT2D eigenvalue weighted by atomic mass is 16.2. The Hall–Kier alpha value is -3.86. The second kappa shape index (κ2) is 10.4. The molecule has 1 amide bonds. The van der Waals surface area contributed by atoms with Crippen molar-refractivity contribution < 1.29 is 6.22 Å². The van der Waals surface area contributed by atoms with Crippen molar-refractivity contribution in [2.45, 2.75) is 32.9 Å². The molecule has 5 heteroatoms. The third kappa shape index (κ3) is 4.74. The van der Waals surface area contributed by atoms with Crippen LogP contribution in [-0.4, -0.2) is 29.6 Å². The Balaban J connectivity index is 0.00000342. The van der Waals surface area contributed by atoms with Gasteiger partial charge < -0.3 is 14.8 Å². The summed E-state index contributed by atoms with van der Waals surface area (Å²) in [6.07, 6.45) is 0.800. The van der Waals surface area contributed by atoms with E-state index in [4.69, 9.17) is 4.98 Å². The highest BCUT2D eigenvalue weighted by Crippen LogP contribution is 2.31. The molecule has 0 fully saturated rings. The van der Waals surface area contributed by atoms with Gasteiger partial charge in [-0.1, -0.05) is 79.7 Å². The van der Waals surface area contributed by atoms with Crippen LogP contribution >= 0.6 is 0 Å². The predicted molar refractivity (Wildman–Crippen MR) is 142 cm³/mol. The number of hydrogen-bond acceptors (Lipinski definition) is 3. The van der Waals surface area contributed by atoms with Crippen LogP contribution in [-0.2, 0) is 6.54 Å². The lowest BCUT2D eigenvalue weighted by Crippen LogP contribution is -2.30. The van der Waals surface area contributed by atoms with E-state index in [-0.39, 0.29) is 13.4 Å². The molecule has 4 rings (SSSR count). The van der Waals surface area contributed by atoms with E-state index in [0.717, 1.165) is 34.6 Å². The van der Waals surface area contributed by atoms with Gasteiger partial charge >= 0.3 is 0 Å². The summed E-state index contributed by atoms with van der Waals surface area (Å²) in [6.45, 7) is 4.78. The van der Waals surface area contributed by atoms with Crippen molar-refractivity contribution in [3.05, 3.63) is 96.2 Å². The summed E-state index contributed by atoms with van der Waals surface area (Å²) in [7, 11) is 4.03. The van der Waals surface area contributed by atoms with Gasteiger partial charge in [0.25, 0.3) is 5.91 Å². The van der Waals surface area contributed by atoms with Crippen LogP contribution in [0.1, 0.15) is 43.8 Å². The van der Waals surface area contributed by atoms with Crippen LogP contribution in [0, 0.1) is 0 Å². The van der Waals surface area contributed by atoms with Crippen LogP contribution in [0.2, 0.25) is 0 Å². The zero-order chi connectivity index (χ0) is 24.1. The van der Waals surface area contributed by atoms with Gasteiger partial charge in [-0.15, -0.1) is 0 Å². The maximum absolute atomic E-state index is 13.8. The van der Waals surface area contributed by atoms with Crippen LogP contribution in [0.3, 0.4) is 0 Å². The number of benzene rings is 3. The molecule has 3 aromatic carbocycles. The smallest absolute Gasteiger partial charge is 0.270 e. The molecule has 0 aliphatic carbocycles. The molecule has 0 saturated carbocycles. The van der Waals surface area contributed by atoms with Gasteiger partial charge in [0.1, 0.15) is 17.2 Å². The molecule has 1 atom stereocenters. The summed E-state index contributed by atoms with van der Waals surface area (Å²) in [6, 6.07) is 28.3. The highest BCUT2D eigenvalue weighted by Gasteiger charge is 2.26. The zero-order valence-corrected chi connectivity index (χ0v) is 20.3. The quantitative estimate of drug-likeness (QED) is 0.334. The third-order valence-corrected chi connectivity index (χ3v) is 6.10. The molecule has 0 unspecified atom stereocenters. The second-order valence-electron chi connectivity index (χ2n) is 8.53. The summed E-state index contributed by atoms with van der Waals surface area (Å²) in [5, 5.41) is 3.27. The molecule has 1 N–H and O–H groups in total. The number of nitrogens with one attached hydrogen (secondary N) is 1. The summed E-state index contributed by atoms with van der Waals surface area (Å²) in [5.74, 6) is 0.687. The molecule has 4 aromatic rings. The molecule has 0 spiro atoms. The maximum atomic E-state index is 13.8. The molecule has 0 bridgehead atoms. The SMILES string of the molecule is CC[C@H](NC(=O)c1c(-c2ccc(N(C)C)cc2)nc(-c2ccccc2)n1CC)c1ccccc1.[HH]. The van der Waals surface area contributed by atoms with Crippen LogP contribution in [0.5, 0.6) is 0 Å². The lowest BCUT2D eigenvalue weighted by Gasteiger charge is -2.19. The van der Waals surface area contributed by atoms with Gasteiger partial charge in [-0.2, -0.15) is 0 Å². The Kier molecular flexibility index (Phi) is 7.12. The van der Waals surface area contributed by atoms with Crippen LogP contribution in [0.4, 0.5) is 5.69 Å². The lowest BCUT2D eigenvalue weighted by molar-refractivity contribution is 0.0927. The first-order chi connectivity index (χ1) is 16.5. The Morgan fingerprint density at radius 2 is 1.53 bits per heavy atom. The number of anilines is 1. The average molecular weight is 455 g/mol. The second-order valence-corrected chi connectivity index (χ2v) is 8.53. The monoisotopic (exact) mass is 454 g/mol. The number of carbonyl (C=O) groups is 1. The number of nitrogens with zero attached hydrogens (tertiary/aromatic N) is 3. The zero-order valence-electron chi connectivity index (χ0n) is 20.3. The van der Waals surface area contributed by atoms with Gasteiger partial charge in [0.15, 0.2) is 0 Å². The first-order valence-electron chi connectivity index (χ1n) is 11.8. The molecule has 1 heterocycles. The molecule has 34 heavy (non-hydrogen) atoms. The molecule has 5 nitrogen and oxygen atoms in total. The summed E-state index contributed by atoms with van der Waals surface area (Å²) < 4.78 is 2.03. The Morgan fingerprint density at radius 3 is 2.09 bits per heavy atom. The number of amides is 1. The van der Waals surface area contributed by atoms with Gasteiger partial charge in [-0.05, 0) is 31.0 Å². The van der Waals surface area contributed by atoms with Crippen molar-refractivity contribution in [3.63, 3.8) is 0 Å². The van der Waals surface area contributed by atoms with E-state index >= 15 is 0 Å². The minimum Gasteiger partial charge on any atom is -0.378 e. The summed E-state index contributed by atoms with van der Waals surface area (Å²) >= 11 is 0. The van der Waals surface area contributed by atoms with Gasteiger partial charge in [-0.25, -0.2) is 4.98 Å². The molecule has 0 aliphatic rings. The van der Waals surface area contributed by atoms with Gasteiger partial charge in [-0.3, -0.25) is 4.79 Å². The normalized spacial score (nSPS) is 11.8. The molecule has 1 aromatic heterocycles. The van der Waals surface area contributed by atoms with Crippen LogP contribution in [0.15, 0.2) is 84.9 Å². The Labute approximate surface area is 203 Å². The van der Waals surface area contributed by atoms with E-state index in [9.17, 15) is 4.79 Å². The summed E-state index contributed by atoms with van der Waals surface area (Å²) in [5.41, 5.74) is 5.40. The maximum Gasteiger partial charge on any atom is 0.270 e. The topological polar surface area (TPSA) is 50.2 Å². The number of imidazole rings is 1. The van der Waals surface area contributed by atoms with E-state index in [0.29, 0.717) is 17.9 Å². The van der Waals surface area contributed by atoms with Crippen molar-refractivity contribution in [3.8, 4) is 22.6 Å². The molecule has 0 radical (unpaired) electrons. The van der Waals surface area contributed by atoms with E-state index in [1.54, 1.807) is 0 Å². The van der Waals surface area contributed by atoms with Crippen molar-refractivity contribution in [1.29, 1.82) is 0 Å². The predicted octanol–water partition coefficient (Wildman–Crippen LogP) is 6.43. The lowest BCUT2D eigenvalue weighted by atomic mass is 10.0. The number of carbonyl (C=O) groups excluding carboxylic acids is 1. The van der Waals surface area contributed by atoms with Crippen molar-refractivity contribution in [1.82, 2.24) is 14.9 Å². The minimum atomic E-state index is -0.112. The fraction of sp³-hybridized carbons (Fsp3) is 0.241. The first-order valence-corrected chi connectivity index (χ1v) is 11.8.